The van der Waals surface area contributed by atoms with Crippen LogP contribution in [0.25, 0.3) is 0 Å². The number of ether oxygens (including phenoxy) is 3. The van der Waals surface area contributed by atoms with Gasteiger partial charge in [-0.15, -0.1) is 0 Å². The topological polar surface area (TPSA) is 99.1 Å². The van der Waals surface area contributed by atoms with E-state index in [0.29, 0.717) is 19.3 Å². The average molecular weight is 625 g/mol. The van der Waals surface area contributed by atoms with E-state index in [0.717, 1.165) is 44.9 Å². The van der Waals surface area contributed by atoms with Crippen molar-refractivity contribution in [1.82, 2.24) is 0 Å². The van der Waals surface area contributed by atoms with Crippen molar-refractivity contribution < 1.29 is 38.2 Å². The van der Waals surface area contributed by atoms with Gasteiger partial charge in [0.2, 0.25) is 0 Å². The molecule has 1 N–H and O–H groups in total. The van der Waals surface area contributed by atoms with Gasteiger partial charge in [0, 0.05) is 19.3 Å². The number of unbranched alkanes of at least 4 members (excludes halogenated alkanes) is 12. The summed E-state index contributed by atoms with van der Waals surface area (Å²) in [5.41, 5.74) is 0. The summed E-state index contributed by atoms with van der Waals surface area (Å²) in [6.45, 7) is 4.59. The standard InChI is InChI=1S/C36H65NO7/c1-6-8-10-12-14-16-17-19-20-22-24-26-34(38)43-31-32(30-42-29-28-33(36(40)41)37(3,4)5)44-35(39)27-25-23-21-18-15-13-11-9-7-2/h12,14,18,21,32-33H,6-11,13,15-17,19-20,22-31H2,1-5H3/p+1/b14-12+,21-18+. The van der Waals surface area contributed by atoms with Gasteiger partial charge < -0.3 is 23.8 Å². The second kappa shape index (κ2) is 28.3. The molecule has 8 nitrogen and oxygen atoms in total. The molecular formula is C36H66NO7+. The number of likely N-dealkylation sites (N-methyl/N-ethyl adjacent to an activating group) is 1. The summed E-state index contributed by atoms with van der Waals surface area (Å²) in [5.74, 6) is -1.53. The number of hydrogen-bond donors (Lipinski definition) is 1. The van der Waals surface area contributed by atoms with Crippen LogP contribution in [0.3, 0.4) is 0 Å². The van der Waals surface area contributed by atoms with Crippen LogP contribution in [-0.2, 0) is 28.6 Å². The number of carboxylic acids is 1. The molecule has 0 radical (unpaired) electrons. The van der Waals surface area contributed by atoms with Gasteiger partial charge in [0.1, 0.15) is 6.61 Å². The number of allylic oxidation sites excluding steroid dienone is 4. The fraction of sp³-hybridized carbons (Fsp3) is 0.806. The molecule has 0 spiro atoms. The Labute approximate surface area is 269 Å². The minimum Gasteiger partial charge on any atom is -0.477 e. The first kappa shape index (κ1) is 41.8. The summed E-state index contributed by atoms with van der Waals surface area (Å²) in [4.78, 5) is 36.5. The number of quaternary nitrogens is 1. The molecule has 0 aliphatic heterocycles. The van der Waals surface area contributed by atoms with Crippen LogP contribution in [0.4, 0.5) is 0 Å². The van der Waals surface area contributed by atoms with E-state index in [9.17, 15) is 19.5 Å². The van der Waals surface area contributed by atoms with E-state index in [-0.39, 0.29) is 42.7 Å². The Morgan fingerprint density at radius 3 is 1.77 bits per heavy atom. The van der Waals surface area contributed by atoms with Gasteiger partial charge in [-0.3, -0.25) is 9.59 Å². The summed E-state index contributed by atoms with van der Waals surface area (Å²) in [6, 6.07) is -0.615. The second-order valence-electron chi connectivity index (χ2n) is 12.8. The van der Waals surface area contributed by atoms with Crippen molar-refractivity contribution in [2.75, 3.05) is 41.0 Å². The van der Waals surface area contributed by atoms with Gasteiger partial charge in [-0.1, -0.05) is 89.5 Å². The quantitative estimate of drug-likeness (QED) is 0.0372. The Morgan fingerprint density at radius 2 is 1.18 bits per heavy atom. The Kier molecular flexibility index (Phi) is 26.9. The minimum atomic E-state index is -0.882. The van der Waals surface area contributed by atoms with E-state index in [4.69, 9.17) is 14.2 Å². The molecule has 2 atom stereocenters. The van der Waals surface area contributed by atoms with Crippen molar-refractivity contribution in [3.05, 3.63) is 24.3 Å². The van der Waals surface area contributed by atoms with Crippen molar-refractivity contribution in [2.45, 2.75) is 148 Å². The highest BCUT2D eigenvalue weighted by Gasteiger charge is 2.31. The zero-order valence-electron chi connectivity index (χ0n) is 28.9. The molecule has 0 aromatic rings. The van der Waals surface area contributed by atoms with Crippen molar-refractivity contribution in [3.63, 3.8) is 0 Å². The number of rotatable bonds is 30. The van der Waals surface area contributed by atoms with Gasteiger partial charge in [0.05, 0.1) is 34.4 Å². The van der Waals surface area contributed by atoms with Crippen LogP contribution in [0.1, 0.15) is 136 Å². The predicted octanol–water partition coefficient (Wildman–Crippen LogP) is 8.18. The lowest BCUT2D eigenvalue weighted by Crippen LogP contribution is -2.50. The monoisotopic (exact) mass is 624 g/mol. The number of hydrogen-bond acceptors (Lipinski definition) is 6. The first-order chi connectivity index (χ1) is 21.1. The molecule has 0 bridgehead atoms. The van der Waals surface area contributed by atoms with Crippen LogP contribution < -0.4 is 0 Å². The molecule has 0 fully saturated rings. The third-order valence-corrected chi connectivity index (χ3v) is 7.57. The van der Waals surface area contributed by atoms with Gasteiger partial charge in [-0.05, 0) is 51.4 Å². The van der Waals surface area contributed by atoms with Crippen LogP contribution in [-0.4, -0.2) is 80.6 Å². The normalized spacial score (nSPS) is 13.4. The van der Waals surface area contributed by atoms with Crippen LogP contribution in [0, 0.1) is 0 Å². The molecule has 8 heteroatoms. The van der Waals surface area contributed by atoms with Crippen molar-refractivity contribution in [2.24, 2.45) is 0 Å². The summed E-state index contributed by atoms with van der Waals surface area (Å²) in [7, 11) is 5.49. The third-order valence-electron chi connectivity index (χ3n) is 7.57. The van der Waals surface area contributed by atoms with Gasteiger partial charge in [-0.25, -0.2) is 4.79 Å². The third kappa shape index (κ3) is 26.2. The van der Waals surface area contributed by atoms with E-state index in [2.05, 4.69) is 38.2 Å². The maximum absolute atomic E-state index is 12.5. The lowest BCUT2D eigenvalue weighted by atomic mass is 10.1. The van der Waals surface area contributed by atoms with Crippen LogP contribution in [0.5, 0.6) is 0 Å². The highest BCUT2D eigenvalue weighted by atomic mass is 16.6. The SMILES string of the molecule is CCCC/C=C/CCCCCCCC(=O)OCC(COCCC(C(=O)O)[N+](C)(C)C)OC(=O)CCC/C=C/CCCCCC. The molecule has 2 unspecified atom stereocenters. The van der Waals surface area contributed by atoms with E-state index in [1.165, 1.54) is 51.4 Å². The number of carbonyl (C=O) groups excluding carboxylic acids is 2. The number of aliphatic carboxylic acids is 1. The number of carboxylic acid groups (broad SMARTS) is 1. The van der Waals surface area contributed by atoms with E-state index < -0.39 is 18.1 Å². The first-order valence-corrected chi connectivity index (χ1v) is 17.4. The molecule has 0 heterocycles. The first-order valence-electron chi connectivity index (χ1n) is 17.4. The van der Waals surface area contributed by atoms with Crippen LogP contribution in [0.2, 0.25) is 0 Å². The molecule has 0 aromatic carbocycles. The molecule has 0 aromatic heterocycles. The molecule has 0 aliphatic carbocycles. The van der Waals surface area contributed by atoms with Gasteiger partial charge in [-0.2, -0.15) is 0 Å². The molecular weight excluding hydrogens is 558 g/mol. The summed E-state index contributed by atoms with van der Waals surface area (Å²) in [6.07, 6.45) is 26.6. The maximum atomic E-state index is 12.5. The molecule has 0 rings (SSSR count). The zero-order valence-corrected chi connectivity index (χ0v) is 28.9. The Bertz CT molecular complexity index is 788. The van der Waals surface area contributed by atoms with Crippen molar-refractivity contribution in [3.8, 4) is 0 Å². The van der Waals surface area contributed by atoms with Crippen LogP contribution in [0.15, 0.2) is 24.3 Å². The summed E-state index contributed by atoms with van der Waals surface area (Å²) >= 11 is 0. The molecule has 256 valence electrons. The van der Waals surface area contributed by atoms with Crippen molar-refractivity contribution in [1.29, 1.82) is 0 Å². The lowest BCUT2D eigenvalue weighted by Gasteiger charge is -2.31. The molecule has 0 saturated heterocycles. The Balaban J connectivity index is 4.52. The van der Waals surface area contributed by atoms with Gasteiger partial charge in [0.25, 0.3) is 0 Å². The number of nitrogens with zero attached hydrogens (tertiary/aromatic N) is 1. The molecule has 0 amide bonds. The average Bonchev–Trinajstić information content (AvgIpc) is 2.96. The van der Waals surface area contributed by atoms with E-state index >= 15 is 0 Å². The zero-order chi connectivity index (χ0) is 32.9. The second-order valence-corrected chi connectivity index (χ2v) is 12.8. The number of esters is 2. The summed E-state index contributed by atoms with van der Waals surface area (Å²) in [5, 5.41) is 9.54. The largest absolute Gasteiger partial charge is 0.477 e. The predicted molar refractivity (Wildman–Crippen MR) is 178 cm³/mol. The fourth-order valence-electron chi connectivity index (χ4n) is 4.78. The van der Waals surface area contributed by atoms with Gasteiger partial charge >= 0.3 is 17.9 Å². The smallest absolute Gasteiger partial charge is 0.362 e. The van der Waals surface area contributed by atoms with Crippen LogP contribution >= 0.6 is 0 Å². The minimum absolute atomic E-state index is 0.0487. The molecule has 0 saturated carbocycles. The van der Waals surface area contributed by atoms with E-state index in [1.54, 1.807) is 0 Å². The lowest BCUT2D eigenvalue weighted by molar-refractivity contribution is -0.887. The Hall–Kier alpha value is -2.19. The fourth-order valence-corrected chi connectivity index (χ4v) is 4.78. The highest BCUT2D eigenvalue weighted by Crippen LogP contribution is 2.12. The molecule has 44 heavy (non-hydrogen) atoms. The maximum Gasteiger partial charge on any atom is 0.362 e. The van der Waals surface area contributed by atoms with Gasteiger partial charge in [0.15, 0.2) is 12.1 Å². The number of carbonyl (C=O) groups is 3. The van der Waals surface area contributed by atoms with Crippen molar-refractivity contribution >= 4 is 17.9 Å². The highest BCUT2D eigenvalue weighted by molar-refractivity contribution is 5.72. The Morgan fingerprint density at radius 1 is 0.659 bits per heavy atom. The molecule has 0 aliphatic rings. The summed E-state index contributed by atoms with van der Waals surface area (Å²) < 4.78 is 17.1. The van der Waals surface area contributed by atoms with E-state index in [1.807, 2.05) is 21.1 Å².